The molecule has 0 radical (unpaired) electrons. The summed E-state index contributed by atoms with van der Waals surface area (Å²) in [6, 6.07) is 28.5. The summed E-state index contributed by atoms with van der Waals surface area (Å²) < 4.78 is 0. The molecule has 3 aromatic carbocycles. The van der Waals surface area contributed by atoms with Crippen molar-refractivity contribution in [2.24, 2.45) is 5.92 Å². The van der Waals surface area contributed by atoms with Gasteiger partial charge in [-0.1, -0.05) is 72.8 Å². The standard InChI is InChI=1S/C23H22N2O/c26-23(22-16-24-15-21(22)18-10-5-2-6-11-18)25-20-13-7-12-19(14-20)17-8-3-1-4-9-17/h1-14,21-22,24H,15-16H2,(H,25,26). The molecule has 3 nitrogen and oxygen atoms in total. The summed E-state index contributed by atoms with van der Waals surface area (Å²) in [5, 5.41) is 6.48. The van der Waals surface area contributed by atoms with Crippen molar-refractivity contribution in [1.82, 2.24) is 5.32 Å². The maximum absolute atomic E-state index is 12.9. The highest BCUT2D eigenvalue weighted by atomic mass is 16.1. The number of hydrogen-bond acceptors (Lipinski definition) is 2. The van der Waals surface area contributed by atoms with E-state index in [0.29, 0.717) is 6.54 Å². The van der Waals surface area contributed by atoms with Crippen molar-refractivity contribution in [2.45, 2.75) is 5.92 Å². The van der Waals surface area contributed by atoms with Crippen molar-refractivity contribution < 1.29 is 4.79 Å². The molecule has 0 spiro atoms. The van der Waals surface area contributed by atoms with Gasteiger partial charge in [0.2, 0.25) is 5.91 Å². The molecule has 2 unspecified atom stereocenters. The number of carbonyl (C=O) groups excluding carboxylic acids is 1. The summed E-state index contributed by atoms with van der Waals surface area (Å²) in [5.74, 6) is 0.236. The second kappa shape index (κ2) is 7.54. The topological polar surface area (TPSA) is 41.1 Å². The first kappa shape index (κ1) is 16.6. The highest BCUT2D eigenvalue weighted by Gasteiger charge is 2.33. The number of amides is 1. The lowest BCUT2D eigenvalue weighted by molar-refractivity contribution is -0.119. The van der Waals surface area contributed by atoms with Crippen LogP contribution < -0.4 is 10.6 Å². The lowest BCUT2D eigenvalue weighted by Crippen LogP contribution is -2.28. The normalized spacial score (nSPS) is 19.2. The molecule has 4 rings (SSSR count). The van der Waals surface area contributed by atoms with E-state index in [1.54, 1.807) is 0 Å². The molecule has 2 atom stereocenters. The highest BCUT2D eigenvalue weighted by molar-refractivity contribution is 5.94. The first-order valence-electron chi connectivity index (χ1n) is 9.03. The Labute approximate surface area is 154 Å². The van der Waals surface area contributed by atoms with E-state index in [0.717, 1.165) is 23.4 Å². The van der Waals surface area contributed by atoms with Gasteiger partial charge in [-0.15, -0.1) is 0 Å². The summed E-state index contributed by atoms with van der Waals surface area (Å²) in [6.07, 6.45) is 0. The SMILES string of the molecule is O=C(Nc1cccc(-c2ccccc2)c1)C1CNCC1c1ccccc1. The highest BCUT2D eigenvalue weighted by Crippen LogP contribution is 2.29. The van der Waals surface area contributed by atoms with Crippen LogP contribution in [0.4, 0.5) is 5.69 Å². The van der Waals surface area contributed by atoms with Gasteiger partial charge in [-0.2, -0.15) is 0 Å². The summed E-state index contributed by atoms with van der Waals surface area (Å²) in [6.45, 7) is 1.55. The molecule has 1 heterocycles. The molecule has 1 aliphatic rings. The molecule has 3 heteroatoms. The number of rotatable bonds is 4. The van der Waals surface area contributed by atoms with E-state index in [1.807, 2.05) is 54.6 Å². The predicted molar refractivity (Wildman–Crippen MR) is 106 cm³/mol. The Morgan fingerprint density at radius 3 is 2.27 bits per heavy atom. The smallest absolute Gasteiger partial charge is 0.229 e. The van der Waals surface area contributed by atoms with E-state index in [4.69, 9.17) is 0 Å². The zero-order valence-electron chi connectivity index (χ0n) is 14.6. The number of hydrogen-bond donors (Lipinski definition) is 2. The molecule has 1 amide bonds. The van der Waals surface area contributed by atoms with E-state index in [-0.39, 0.29) is 17.7 Å². The maximum atomic E-state index is 12.9. The maximum Gasteiger partial charge on any atom is 0.229 e. The van der Waals surface area contributed by atoms with Gasteiger partial charge in [-0.25, -0.2) is 0 Å². The Kier molecular flexibility index (Phi) is 4.80. The molecular weight excluding hydrogens is 320 g/mol. The van der Waals surface area contributed by atoms with Gasteiger partial charge in [0.05, 0.1) is 5.92 Å². The number of nitrogens with one attached hydrogen (secondary N) is 2. The van der Waals surface area contributed by atoms with Crippen molar-refractivity contribution in [3.63, 3.8) is 0 Å². The number of carbonyl (C=O) groups is 1. The van der Waals surface area contributed by atoms with Crippen molar-refractivity contribution in [3.8, 4) is 11.1 Å². The average molecular weight is 342 g/mol. The van der Waals surface area contributed by atoms with Gasteiger partial charge in [-0.05, 0) is 28.8 Å². The minimum Gasteiger partial charge on any atom is -0.326 e. The van der Waals surface area contributed by atoms with E-state index in [9.17, 15) is 4.79 Å². The van der Waals surface area contributed by atoms with Gasteiger partial charge in [-0.3, -0.25) is 4.79 Å². The largest absolute Gasteiger partial charge is 0.326 e. The Bertz CT molecular complexity index is 877. The lowest BCUT2D eigenvalue weighted by atomic mass is 9.88. The van der Waals surface area contributed by atoms with Gasteiger partial charge in [0.15, 0.2) is 0 Å². The Balaban J connectivity index is 1.51. The van der Waals surface area contributed by atoms with Gasteiger partial charge in [0, 0.05) is 24.7 Å². The minimum atomic E-state index is -0.0576. The fourth-order valence-electron chi connectivity index (χ4n) is 3.65. The van der Waals surface area contributed by atoms with E-state index in [2.05, 4.69) is 41.0 Å². The summed E-state index contributed by atoms with van der Waals surface area (Å²) in [5.41, 5.74) is 4.31. The average Bonchev–Trinajstić information content (AvgIpc) is 3.20. The van der Waals surface area contributed by atoms with E-state index >= 15 is 0 Å². The second-order valence-electron chi connectivity index (χ2n) is 6.72. The molecule has 1 saturated heterocycles. The summed E-state index contributed by atoms with van der Waals surface area (Å²) in [4.78, 5) is 12.9. The molecule has 0 saturated carbocycles. The van der Waals surface area contributed by atoms with Crippen LogP contribution in [0.25, 0.3) is 11.1 Å². The fraction of sp³-hybridized carbons (Fsp3) is 0.174. The van der Waals surface area contributed by atoms with E-state index in [1.165, 1.54) is 5.56 Å². The first-order valence-corrected chi connectivity index (χ1v) is 9.03. The van der Waals surface area contributed by atoms with Gasteiger partial charge < -0.3 is 10.6 Å². The zero-order valence-corrected chi connectivity index (χ0v) is 14.6. The third-order valence-electron chi connectivity index (χ3n) is 5.02. The molecule has 0 aromatic heterocycles. The number of benzene rings is 3. The van der Waals surface area contributed by atoms with Crippen LogP contribution in [0.5, 0.6) is 0 Å². The first-order chi connectivity index (χ1) is 12.8. The van der Waals surface area contributed by atoms with Gasteiger partial charge >= 0.3 is 0 Å². The van der Waals surface area contributed by atoms with Crippen LogP contribution in [-0.2, 0) is 4.79 Å². The van der Waals surface area contributed by atoms with Gasteiger partial charge in [0.25, 0.3) is 0 Å². The summed E-state index contributed by atoms with van der Waals surface area (Å²) >= 11 is 0. The van der Waals surface area contributed by atoms with Crippen molar-refractivity contribution >= 4 is 11.6 Å². The van der Waals surface area contributed by atoms with Crippen molar-refractivity contribution in [2.75, 3.05) is 18.4 Å². The molecule has 0 aliphatic carbocycles. The van der Waals surface area contributed by atoms with Crippen molar-refractivity contribution in [3.05, 3.63) is 90.5 Å². The third-order valence-corrected chi connectivity index (χ3v) is 5.02. The van der Waals surface area contributed by atoms with Crippen LogP contribution in [-0.4, -0.2) is 19.0 Å². The van der Waals surface area contributed by atoms with Crippen LogP contribution in [0.15, 0.2) is 84.9 Å². The monoisotopic (exact) mass is 342 g/mol. The van der Waals surface area contributed by atoms with Crippen LogP contribution in [0.3, 0.4) is 0 Å². The number of anilines is 1. The lowest BCUT2D eigenvalue weighted by Gasteiger charge is -2.19. The molecule has 0 bridgehead atoms. The molecule has 130 valence electrons. The van der Waals surface area contributed by atoms with Crippen LogP contribution >= 0.6 is 0 Å². The molecule has 1 aliphatic heterocycles. The minimum absolute atomic E-state index is 0.0576. The molecule has 26 heavy (non-hydrogen) atoms. The molecular formula is C23H22N2O. The third kappa shape index (κ3) is 3.53. The predicted octanol–water partition coefficient (Wildman–Crippen LogP) is 4.30. The van der Waals surface area contributed by atoms with Gasteiger partial charge in [0.1, 0.15) is 0 Å². The molecule has 2 N–H and O–H groups in total. The van der Waals surface area contributed by atoms with Crippen LogP contribution in [0, 0.1) is 5.92 Å². The quantitative estimate of drug-likeness (QED) is 0.742. The Morgan fingerprint density at radius 1 is 0.808 bits per heavy atom. The Hall–Kier alpha value is -2.91. The Morgan fingerprint density at radius 2 is 1.50 bits per heavy atom. The summed E-state index contributed by atoms with van der Waals surface area (Å²) in [7, 11) is 0. The zero-order chi connectivity index (χ0) is 17.8. The van der Waals surface area contributed by atoms with Crippen molar-refractivity contribution in [1.29, 1.82) is 0 Å². The van der Waals surface area contributed by atoms with Crippen LogP contribution in [0.1, 0.15) is 11.5 Å². The van der Waals surface area contributed by atoms with Crippen LogP contribution in [0.2, 0.25) is 0 Å². The molecule has 1 fully saturated rings. The molecule has 3 aromatic rings. The van der Waals surface area contributed by atoms with E-state index < -0.39 is 0 Å². The fourth-order valence-corrected chi connectivity index (χ4v) is 3.65. The second-order valence-corrected chi connectivity index (χ2v) is 6.72.